The lowest BCUT2D eigenvalue weighted by Gasteiger charge is -2.56. The van der Waals surface area contributed by atoms with Crippen LogP contribution in [0.5, 0.6) is 0 Å². The second kappa shape index (κ2) is 4.26. The van der Waals surface area contributed by atoms with Crippen LogP contribution in [-0.4, -0.2) is 23.8 Å². The van der Waals surface area contributed by atoms with Crippen LogP contribution < -0.4 is 0 Å². The van der Waals surface area contributed by atoms with Gasteiger partial charge in [-0.05, 0) is 56.3 Å². The SMILES string of the molecule is O=P(O)(OC1OCO1)OC12CC3CC(CC(C3)C1)C2. The van der Waals surface area contributed by atoms with Gasteiger partial charge in [-0.25, -0.2) is 9.09 Å². The molecule has 5 rings (SSSR count). The Morgan fingerprint density at radius 2 is 1.58 bits per heavy atom. The molecular formula is C12H19O6P. The van der Waals surface area contributed by atoms with Crippen LogP contribution in [0, 0.1) is 17.8 Å². The molecule has 1 unspecified atom stereocenters. The Morgan fingerprint density at radius 3 is 2.00 bits per heavy atom. The van der Waals surface area contributed by atoms with Gasteiger partial charge in [0, 0.05) is 0 Å². The summed E-state index contributed by atoms with van der Waals surface area (Å²) < 4.78 is 32.1. The molecule has 7 heteroatoms. The van der Waals surface area contributed by atoms with Gasteiger partial charge in [0.25, 0.3) is 6.48 Å². The van der Waals surface area contributed by atoms with Crippen molar-refractivity contribution in [3.63, 3.8) is 0 Å². The van der Waals surface area contributed by atoms with Crippen LogP contribution in [0.25, 0.3) is 0 Å². The van der Waals surface area contributed by atoms with Crippen molar-refractivity contribution in [2.24, 2.45) is 17.8 Å². The first-order valence-corrected chi connectivity index (χ1v) is 8.47. The molecule has 4 aliphatic carbocycles. The minimum Gasteiger partial charge on any atom is -0.302 e. The van der Waals surface area contributed by atoms with Crippen molar-refractivity contribution >= 4 is 7.82 Å². The second-order valence-electron chi connectivity index (χ2n) is 6.51. The van der Waals surface area contributed by atoms with Gasteiger partial charge in [-0.15, -0.1) is 0 Å². The van der Waals surface area contributed by atoms with E-state index < -0.39 is 19.9 Å². The maximum Gasteiger partial charge on any atom is 0.476 e. The van der Waals surface area contributed by atoms with Crippen molar-refractivity contribution in [2.75, 3.05) is 6.79 Å². The third kappa shape index (κ3) is 2.39. The number of phosphoric ester groups is 1. The Bertz CT molecular complexity index is 385. The molecule has 5 fully saturated rings. The van der Waals surface area contributed by atoms with Gasteiger partial charge in [0.05, 0.1) is 5.60 Å². The summed E-state index contributed by atoms with van der Waals surface area (Å²) in [5.74, 6) is 1.97. The number of rotatable bonds is 4. The molecule has 1 N–H and O–H groups in total. The highest BCUT2D eigenvalue weighted by Gasteiger charge is 2.54. The molecule has 0 aromatic carbocycles. The van der Waals surface area contributed by atoms with Gasteiger partial charge < -0.3 is 14.4 Å². The molecule has 4 bridgehead atoms. The molecule has 1 aliphatic heterocycles. The summed E-state index contributed by atoms with van der Waals surface area (Å²) in [5, 5.41) is 0. The normalized spacial score (nSPS) is 47.9. The first-order valence-electron chi connectivity index (χ1n) is 6.97. The average Bonchev–Trinajstić information content (AvgIpc) is 2.20. The predicted molar refractivity (Wildman–Crippen MR) is 63.7 cm³/mol. The minimum absolute atomic E-state index is 0.0992. The van der Waals surface area contributed by atoms with Gasteiger partial charge in [-0.3, -0.25) is 4.52 Å². The molecule has 0 spiro atoms. The monoisotopic (exact) mass is 290 g/mol. The zero-order chi connectivity index (χ0) is 13.1. The first-order chi connectivity index (χ1) is 9.02. The Labute approximate surface area is 112 Å². The molecule has 0 amide bonds. The Kier molecular flexibility index (Phi) is 2.86. The molecule has 0 radical (unpaired) electrons. The van der Waals surface area contributed by atoms with E-state index in [9.17, 15) is 9.46 Å². The fourth-order valence-electron chi connectivity index (χ4n) is 4.70. The van der Waals surface area contributed by atoms with Crippen molar-refractivity contribution < 1.29 is 28.0 Å². The van der Waals surface area contributed by atoms with E-state index in [1.54, 1.807) is 0 Å². The van der Waals surface area contributed by atoms with Gasteiger partial charge in [0.2, 0.25) is 0 Å². The highest BCUT2D eigenvalue weighted by molar-refractivity contribution is 7.47. The van der Waals surface area contributed by atoms with Crippen LogP contribution in [0.4, 0.5) is 0 Å². The van der Waals surface area contributed by atoms with Crippen molar-refractivity contribution in [1.82, 2.24) is 0 Å². The second-order valence-corrected chi connectivity index (χ2v) is 7.84. The van der Waals surface area contributed by atoms with E-state index in [2.05, 4.69) is 0 Å². The van der Waals surface area contributed by atoms with E-state index in [1.807, 2.05) is 0 Å². The summed E-state index contributed by atoms with van der Waals surface area (Å²) in [4.78, 5) is 9.86. The average molecular weight is 290 g/mol. The van der Waals surface area contributed by atoms with E-state index >= 15 is 0 Å². The topological polar surface area (TPSA) is 74.2 Å². The minimum atomic E-state index is -4.11. The quantitative estimate of drug-likeness (QED) is 0.801. The molecule has 4 saturated carbocycles. The number of ether oxygens (including phenoxy) is 2. The summed E-state index contributed by atoms with van der Waals surface area (Å²) in [6, 6.07) is 0. The summed E-state index contributed by atoms with van der Waals surface area (Å²) in [5.41, 5.74) is -0.456. The van der Waals surface area contributed by atoms with Crippen molar-refractivity contribution in [1.29, 1.82) is 0 Å². The Hall–Kier alpha value is 0.0300. The zero-order valence-electron chi connectivity index (χ0n) is 10.7. The first kappa shape index (κ1) is 12.7. The molecule has 1 heterocycles. The third-order valence-electron chi connectivity index (χ3n) is 4.92. The Balaban J connectivity index is 1.47. The van der Waals surface area contributed by atoms with Crippen LogP contribution >= 0.6 is 7.82 Å². The third-order valence-corrected chi connectivity index (χ3v) is 5.98. The highest BCUT2D eigenvalue weighted by Crippen LogP contribution is 2.62. The van der Waals surface area contributed by atoms with E-state index in [4.69, 9.17) is 18.5 Å². The van der Waals surface area contributed by atoms with Crippen molar-refractivity contribution in [3.8, 4) is 0 Å². The van der Waals surface area contributed by atoms with Crippen LogP contribution in [0.15, 0.2) is 0 Å². The number of hydrogen-bond acceptors (Lipinski definition) is 5. The lowest BCUT2D eigenvalue weighted by atomic mass is 9.54. The molecule has 0 aromatic heterocycles. The fourth-order valence-corrected chi connectivity index (χ4v) is 5.80. The van der Waals surface area contributed by atoms with E-state index in [0.29, 0.717) is 17.8 Å². The molecular weight excluding hydrogens is 271 g/mol. The smallest absolute Gasteiger partial charge is 0.302 e. The standard InChI is InChI=1S/C12H19O6P/c13-19(14,17-11-15-7-16-11)18-12-4-8-1-9(5-12)3-10(2-8)6-12/h8-11H,1-7H2,(H,13,14). The predicted octanol–water partition coefficient (Wildman–Crippen LogP) is 2.38. The summed E-state index contributed by atoms with van der Waals surface area (Å²) in [6.45, 7) is -0.952. The van der Waals surface area contributed by atoms with Crippen LogP contribution in [-0.2, 0) is 23.1 Å². The van der Waals surface area contributed by atoms with Crippen LogP contribution in [0.1, 0.15) is 38.5 Å². The summed E-state index contributed by atoms with van der Waals surface area (Å²) >= 11 is 0. The summed E-state index contributed by atoms with van der Waals surface area (Å²) in [7, 11) is -4.11. The molecule has 1 atom stereocenters. The Morgan fingerprint density at radius 1 is 1.05 bits per heavy atom. The maximum absolute atomic E-state index is 12.1. The zero-order valence-corrected chi connectivity index (χ0v) is 11.6. The lowest BCUT2D eigenvalue weighted by molar-refractivity contribution is -0.398. The largest absolute Gasteiger partial charge is 0.476 e. The fraction of sp³-hybridized carbons (Fsp3) is 1.00. The lowest BCUT2D eigenvalue weighted by Crippen LogP contribution is -2.51. The van der Waals surface area contributed by atoms with E-state index in [1.165, 1.54) is 19.3 Å². The van der Waals surface area contributed by atoms with Gasteiger partial charge in [0.15, 0.2) is 6.79 Å². The van der Waals surface area contributed by atoms with Crippen LogP contribution in [0.3, 0.4) is 0 Å². The molecule has 108 valence electrons. The molecule has 5 aliphatic rings. The van der Waals surface area contributed by atoms with Crippen LogP contribution in [0.2, 0.25) is 0 Å². The number of hydrogen-bond donors (Lipinski definition) is 1. The molecule has 19 heavy (non-hydrogen) atoms. The van der Waals surface area contributed by atoms with Gasteiger partial charge in [-0.1, -0.05) is 0 Å². The van der Waals surface area contributed by atoms with Crippen molar-refractivity contribution in [2.45, 2.75) is 50.6 Å². The number of phosphoric acid groups is 1. The molecule has 0 aromatic rings. The van der Waals surface area contributed by atoms with Gasteiger partial charge >= 0.3 is 7.82 Å². The summed E-state index contributed by atoms with van der Waals surface area (Å²) in [6.07, 6.45) is 6.44. The molecule has 6 nitrogen and oxygen atoms in total. The van der Waals surface area contributed by atoms with Gasteiger partial charge in [0.1, 0.15) is 0 Å². The maximum atomic E-state index is 12.1. The van der Waals surface area contributed by atoms with E-state index in [-0.39, 0.29) is 6.79 Å². The molecule has 1 saturated heterocycles. The van der Waals surface area contributed by atoms with Gasteiger partial charge in [-0.2, -0.15) is 0 Å². The van der Waals surface area contributed by atoms with Crippen molar-refractivity contribution in [3.05, 3.63) is 0 Å². The van der Waals surface area contributed by atoms with E-state index in [0.717, 1.165) is 19.3 Å². The highest BCUT2D eigenvalue weighted by atomic mass is 31.2.